The highest BCUT2D eigenvalue weighted by molar-refractivity contribution is 7.89. The molecule has 2 N–H and O–H groups in total. The molecule has 0 radical (unpaired) electrons. The molecule has 0 aliphatic carbocycles. The molecule has 0 aliphatic heterocycles. The van der Waals surface area contributed by atoms with Gasteiger partial charge in [-0.05, 0) is 53.6 Å². The van der Waals surface area contributed by atoms with Crippen LogP contribution in [-0.4, -0.2) is 58.3 Å². The van der Waals surface area contributed by atoms with Gasteiger partial charge in [-0.2, -0.15) is 0 Å². The summed E-state index contributed by atoms with van der Waals surface area (Å²) in [5.41, 5.74) is 4.74. The zero-order valence-corrected chi connectivity index (χ0v) is 21.1. The summed E-state index contributed by atoms with van der Waals surface area (Å²) in [5.74, 6) is -0.326. The van der Waals surface area contributed by atoms with E-state index in [1.807, 2.05) is 43.4 Å². The molecule has 1 aromatic heterocycles. The molecule has 1 amide bonds. The molecule has 1 heterocycles. The maximum absolute atomic E-state index is 13.0. The van der Waals surface area contributed by atoms with Crippen LogP contribution in [-0.2, 0) is 10.0 Å². The Kier molecular flexibility index (Phi) is 6.95. The first-order chi connectivity index (χ1) is 16.7. The lowest BCUT2D eigenvalue weighted by atomic mass is 9.90. The quantitative estimate of drug-likeness (QED) is 0.390. The second-order valence-corrected chi connectivity index (χ2v) is 11.0. The van der Waals surface area contributed by atoms with Crippen molar-refractivity contribution in [3.8, 4) is 0 Å². The van der Waals surface area contributed by atoms with Gasteiger partial charge in [-0.1, -0.05) is 30.3 Å². The van der Waals surface area contributed by atoms with Crippen LogP contribution in [0.25, 0.3) is 10.9 Å². The summed E-state index contributed by atoms with van der Waals surface area (Å²) < 4.78 is 25.8. The summed E-state index contributed by atoms with van der Waals surface area (Å²) in [6.45, 7) is 0.389. The summed E-state index contributed by atoms with van der Waals surface area (Å²) in [6, 6.07) is 22.4. The molecule has 0 spiro atoms. The number of nitrogens with zero attached hydrogens (tertiary/aromatic N) is 2. The smallest absolute Gasteiger partial charge is 0.251 e. The molecule has 35 heavy (non-hydrogen) atoms. The van der Waals surface area contributed by atoms with Gasteiger partial charge in [0, 0.05) is 69.0 Å². The molecular weight excluding hydrogens is 460 g/mol. The molecule has 7 nitrogen and oxygen atoms in total. The summed E-state index contributed by atoms with van der Waals surface area (Å²) >= 11 is 0. The molecule has 3 aromatic carbocycles. The largest absolute Gasteiger partial charge is 0.378 e. The van der Waals surface area contributed by atoms with Gasteiger partial charge < -0.3 is 15.2 Å². The van der Waals surface area contributed by atoms with E-state index in [9.17, 15) is 13.2 Å². The number of H-pyrrole nitrogens is 1. The van der Waals surface area contributed by atoms with Gasteiger partial charge in [0.2, 0.25) is 10.0 Å². The number of nitrogens with one attached hydrogen (secondary N) is 2. The van der Waals surface area contributed by atoms with Crippen molar-refractivity contribution in [3.63, 3.8) is 0 Å². The van der Waals surface area contributed by atoms with Crippen molar-refractivity contribution < 1.29 is 13.2 Å². The Hall–Kier alpha value is -3.62. The SMILES string of the molecule is CN(C)c1ccc(C(CNC(=O)c2ccc(S(=O)(=O)N(C)C)cc2)c2c[nH]c3ccccc23)cc1. The summed E-state index contributed by atoms with van der Waals surface area (Å²) in [7, 11) is 3.41. The number of fused-ring (bicyclic) bond motifs is 1. The van der Waals surface area contributed by atoms with Gasteiger partial charge in [-0.25, -0.2) is 12.7 Å². The highest BCUT2D eigenvalue weighted by Gasteiger charge is 2.21. The third kappa shape index (κ3) is 5.08. The fourth-order valence-corrected chi connectivity index (χ4v) is 4.98. The van der Waals surface area contributed by atoms with Gasteiger partial charge >= 0.3 is 0 Å². The molecule has 1 unspecified atom stereocenters. The number of sulfonamides is 1. The number of anilines is 1. The number of hydrogen-bond donors (Lipinski definition) is 2. The van der Waals surface area contributed by atoms with Crippen molar-refractivity contribution in [1.29, 1.82) is 0 Å². The molecule has 1 atom stereocenters. The Balaban J connectivity index is 1.60. The van der Waals surface area contributed by atoms with Crippen molar-refractivity contribution in [3.05, 3.63) is 95.7 Å². The van der Waals surface area contributed by atoms with Gasteiger partial charge in [-0.15, -0.1) is 0 Å². The van der Waals surface area contributed by atoms with E-state index >= 15 is 0 Å². The van der Waals surface area contributed by atoms with Crippen LogP contribution >= 0.6 is 0 Å². The zero-order chi connectivity index (χ0) is 25.2. The number of aromatic nitrogens is 1. The molecular formula is C27H30N4O3S. The standard InChI is InChI=1S/C27H30N4O3S/c1-30(2)21-13-9-19(10-14-21)24(25-18-28-26-8-6-5-7-23(25)26)17-29-27(32)20-11-15-22(16-12-20)35(33,34)31(3)4/h5-16,18,24,28H,17H2,1-4H3,(H,29,32). The van der Waals surface area contributed by atoms with Crippen LogP contribution in [0.5, 0.6) is 0 Å². The molecule has 182 valence electrons. The molecule has 4 rings (SSSR count). The molecule has 0 saturated carbocycles. The van der Waals surface area contributed by atoms with E-state index in [-0.39, 0.29) is 16.7 Å². The Labute approximate surface area is 206 Å². The zero-order valence-electron chi connectivity index (χ0n) is 20.3. The number of amides is 1. The Morgan fingerprint density at radius 3 is 2.20 bits per heavy atom. The van der Waals surface area contributed by atoms with Crippen molar-refractivity contribution in [1.82, 2.24) is 14.6 Å². The molecule has 8 heteroatoms. The first kappa shape index (κ1) is 24.5. The fourth-order valence-electron chi connectivity index (χ4n) is 4.08. The van der Waals surface area contributed by atoms with Crippen molar-refractivity contribution in [2.45, 2.75) is 10.8 Å². The van der Waals surface area contributed by atoms with Crippen LogP contribution in [0.15, 0.2) is 83.9 Å². The first-order valence-electron chi connectivity index (χ1n) is 11.3. The van der Waals surface area contributed by atoms with E-state index in [0.29, 0.717) is 12.1 Å². The minimum atomic E-state index is -3.55. The predicted molar refractivity (Wildman–Crippen MR) is 141 cm³/mol. The number of aromatic amines is 1. The Morgan fingerprint density at radius 2 is 1.57 bits per heavy atom. The average Bonchev–Trinajstić information content (AvgIpc) is 3.28. The predicted octanol–water partition coefficient (Wildman–Crippen LogP) is 4.05. The lowest BCUT2D eigenvalue weighted by Gasteiger charge is -2.20. The summed E-state index contributed by atoms with van der Waals surface area (Å²) in [4.78, 5) is 18.5. The lowest BCUT2D eigenvalue weighted by molar-refractivity contribution is 0.0952. The average molecular weight is 491 g/mol. The third-order valence-electron chi connectivity index (χ3n) is 6.17. The van der Waals surface area contributed by atoms with E-state index in [1.54, 1.807) is 0 Å². The molecule has 0 bridgehead atoms. The number of carbonyl (C=O) groups excluding carboxylic acids is 1. The molecule has 0 fully saturated rings. The summed E-state index contributed by atoms with van der Waals surface area (Å²) in [6.07, 6.45) is 2.00. The number of carbonyl (C=O) groups is 1. The lowest BCUT2D eigenvalue weighted by Crippen LogP contribution is -2.29. The molecule has 0 aliphatic rings. The Morgan fingerprint density at radius 1 is 0.914 bits per heavy atom. The van der Waals surface area contributed by atoms with Gasteiger partial charge in [-0.3, -0.25) is 4.79 Å². The fraction of sp³-hybridized carbons (Fsp3) is 0.222. The second kappa shape index (κ2) is 9.93. The first-order valence-corrected chi connectivity index (χ1v) is 12.8. The van der Waals surface area contributed by atoms with E-state index in [2.05, 4.69) is 40.6 Å². The molecule has 0 saturated heterocycles. The monoisotopic (exact) mass is 490 g/mol. The number of para-hydroxylation sites is 1. The van der Waals surface area contributed by atoms with E-state index < -0.39 is 10.0 Å². The van der Waals surface area contributed by atoms with Crippen molar-refractivity contribution in [2.75, 3.05) is 39.6 Å². The number of benzene rings is 3. The minimum Gasteiger partial charge on any atom is -0.378 e. The highest BCUT2D eigenvalue weighted by atomic mass is 32.2. The van der Waals surface area contributed by atoms with E-state index in [1.165, 1.54) is 38.4 Å². The molecule has 4 aromatic rings. The third-order valence-corrected chi connectivity index (χ3v) is 8.00. The maximum atomic E-state index is 13.0. The van der Waals surface area contributed by atoms with Crippen LogP contribution in [0.1, 0.15) is 27.4 Å². The topological polar surface area (TPSA) is 85.5 Å². The highest BCUT2D eigenvalue weighted by Crippen LogP contribution is 2.31. The summed E-state index contributed by atoms with van der Waals surface area (Å²) in [5, 5.41) is 4.16. The van der Waals surface area contributed by atoms with Gasteiger partial charge in [0.25, 0.3) is 5.91 Å². The van der Waals surface area contributed by atoms with Gasteiger partial charge in [0.15, 0.2) is 0 Å². The van der Waals surface area contributed by atoms with Crippen LogP contribution in [0.2, 0.25) is 0 Å². The minimum absolute atomic E-state index is 0.0697. The number of rotatable bonds is 8. The second-order valence-electron chi connectivity index (χ2n) is 8.85. The van der Waals surface area contributed by atoms with Crippen LogP contribution in [0.4, 0.5) is 5.69 Å². The van der Waals surface area contributed by atoms with E-state index in [4.69, 9.17) is 0 Å². The number of hydrogen-bond acceptors (Lipinski definition) is 4. The van der Waals surface area contributed by atoms with Crippen LogP contribution in [0, 0.1) is 0 Å². The van der Waals surface area contributed by atoms with Gasteiger partial charge in [0.05, 0.1) is 4.90 Å². The van der Waals surface area contributed by atoms with Crippen LogP contribution < -0.4 is 10.2 Å². The van der Waals surface area contributed by atoms with Crippen molar-refractivity contribution in [2.24, 2.45) is 0 Å². The Bertz CT molecular complexity index is 1420. The van der Waals surface area contributed by atoms with Crippen LogP contribution in [0.3, 0.4) is 0 Å². The maximum Gasteiger partial charge on any atom is 0.251 e. The normalized spacial score (nSPS) is 12.6. The van der Waals surface area contributed by atoms with Crippen molar-refractivity contribution >= 4 is 32.5 Å². The van der Waals surface area contributed by atoms with Gasteiger partial charge in [0.1, 0.15) is 0 Å². The van der Waals surface area contributed by atoms with E-state index in [0.717, 1.165) is 32.0 Å².